The number of rotatable bonds is 2. The van der Waals surface area contributed by atoms with Crippen LogP contribution in [-0.2, 0) is 11.2 Å². The Morgan fingerprint density at radius 3 is 3.14 bits per heavy atom. The van der Waals surface area contributed by atoms with Gasteiger partial charge in [-0.3, -0.25) is 0 Å². The van der Waals surface area contributed by atoms with Gasteiger partial charge in [-0.15, -0.1) is 0 Å². The SMILES string of the molecule is Cc1nc2c(Br)cccn2c1CC=O. The molecule has 4 heteroatoms. The molecule has 0 bridgehead atoms. The van der Waals surface area contributed by atoms with Crippen LogP contribution in [0.15, 0.2) is 22.8 Å². The first kappa shape index (κ1) is 9.40. The molecule has 3 nitrogen and oxygen atoms in total. The van der Waals surface area contributed by atoms with E-state index in [4.69, 9.17) is 0 Å². The molecule has 0 aliphatic heterocycles. The summed E-state index contributed by atoms with van der Waals surface area (Å²) in [6.45, 7) is 1.91. The molecule has 0 aromatic carbocycles. The van der Waals surface area contributed by atoms with Crippen molar-refractivity contribution in [2.45, 2.75) is 13.3 Å². The van der Waals surface area contributed by atoms with Gasteiger partial charge in [-0.05, 0) is 35.0 Å². The van der Waals surface area contributed by atoms with Crippen molar-refractivity contribution in [1.29, 1.82) is 0 Å². The zero-order chi connectivity index (χ0) is 10.1. The first-order valence-electron chi connectivity index (χ1n) is 4.29. The van der Waals surface area contributed by atoms with Gasteiger partial charge in [0.1, 0.15) is 6.29 Å². The summed E-state index contributed by atoms with van der Waals surface area (Å²) in [6, 6.07) is 3.86. The third-order valence-electron chi connectivity index (χ3n) is 2.18. The largest absolute Gasteiger partial charge is 0.303 e. The van der Waals surface area contributed by atoms with Crippen LogP contribution < -0.4 is 0 Å². The lowest BCUT2D eigenvalue weighted by Gasteiger charge is -1.98. The van der Waals surface area contributed by atoms with Crippen molar-refractivity contribution in [3.8, 4) is 0 Å². The van der Waals surface area contributed by atoms with Gasteiger partial charge in [-0.1, -0.05) is 0 Å². The molecule has 0 saturated heterocycles. The van der Waals surface area contributed by atoms with Gasteiger partial charge >= 0.3 is 0 Å². The van der Waals surface area contributed by atoms with E-state index < -0.39 is 0 Å². The number of hydrogen-bond acceptors (Lipinski definition) is 2. The Bertz CT molecular complexity index is 490. The zero-order valence-corrected chi connectivity index (χ0v) is 9.28. The minimum atomic E-state index is 0.406. The summed E-state index contributed by atoms with van der Waals surface area (Å²) in [5.74, 6) is 0. The standard InChI is InChI=1S/C10H9BrN2O/c1-7-9(4-6-14)13-5-2-3-8(11)10(13)12-7/h2-3,5-6H,4H2,1H3. The second kappa shape index (κ2) is 3.53. The highest BCUT2D eigenvalue weighted by Gasteiger charge is 2.09. The highest BCUT2D eigenvalue weighted by molar-refractivity contribution is 9.10. The zero-order valence-electron chi connectivity index (χ0n) is 7.70. The fraction of sp³-hybridized carbons (Fsp3) is 0.200. The van der Waals surface area contributed by atoms with Gasteiger partial charge in [0.05, 0.1) is 15.9 Å². The molecule has 0 unspecified atom stereocenters. The van der Waals surface area contributed by atoms with Crippen LogP contribution in [0, 0.1) is 6.92 Å². The summed E-state index contributed by atoms with van der Waals surface area (Å²) < 4.78 is 2.88. The fourth-order valence-electron chi connectivity index (χ4n) is 1.52. The summed E-state index contributed by atoms with van der Waals surface area (Å²) >= 11 is 3.42. The van der Waals surface area contributed by atoms with E-state index in [-0.39, 0.29) is 0 Å². The summed E-state index contributed by atoms with van der Waals surface area (Å²) in [5.41, 5.74) is 2.72. The molecule has 0 amide bonds. The number of halogens is 1. The van der Waals surface area contributed by atoms with Crippen molar-refractivity contribution in [2.24, 2.45) is 0 Å². The molecule has 0 N–H and O–H groups in total. The molecule has 0 aliphatic rings. The molecular weight excluding hydrogens is 244 g/mol. The monoisotopic (exact) mass is 252 g/mol. The Hall–Kier alpha value is -1.16. The lowest BCUT2D eigenvalue weighted by atomic mass is 10.3. The number of pyridine rings is 1. The molecule has 2 aromatic rings. The molecule has 0 radical (unpaired) electrons. The minimum absolute atomic E-state index is 0.406. The number of carbonyl (C=O) groups is 1. The van der Waals surface area contributed by atoms with Crippen molar-refractivity contribution in [3.05, 3.63) is 34.2 Å². The van der Waals surface area contributed by atoms with Crippen LogP contribution in [0.5, 0.6) is 0 Å². The lowest BCUT2D eigenvalue weighted by Crippen LogP contribution is -1.95. The van der Waals surface area contributed by atoms with Crippen LogP contribution in [0.25, 0.3) is 5.65 Å². The van der Waals surface area contributed by atoms with Gasteiger partial charge in [0, 0.05) is 12.6 Å². The Morgan fingerprint density at radius 2 is 2.43 bits per heavy atom. The second-order valence-electron chi connectivity index (χ2n) is 3.06. The van der Waals surface area contributed by atoms with Gasteiger partial charge in [0.2, 0.25) is 0 Å². The van der Waals surface area contributed by atoms with Gasteiger partial charge in [-0.2, -0.15) is 0 Å². The fourth-order valence-corrected chi connectivity index (χ4v) is 1.95. The number of carbonyl (C=O) groups excluding carboxylic acids is 1. The quantitative estimate of drug-likeness (QED) is 0.768. The number of aldehydes is 1. The first-order chi connectivity index (χ1) is 6.74. The normalized spacial score (nSPS) is 10.7. The van der Waals surface area contributed by atoms with E-state index in [2.05, 4.69) is 20.9 Å². The third kappa shape index (κ3) is 1.35. The maximum atomic E-state index is 10.5. The number of imidazole rings is 1. The molecule has 2 aromatic heterocycles. The maximum absolute atomic E-state index is 10.5. The van der Waals surface area contributed by atoms with E-state index in [0.29, 0.717) is 6.42 Å². The maximum Gasteiger partial charge on any atom is 0.151 e. The van der Waals surface area contributed by atoms with Crippen LogP contribution in [0.4, 0.5) is 0 Å². The Kier molecular flexibility index (Phi) is 2.37. The average molecular weight is 253 g/mol. The van der Waals surface area contributed by atoms with Crippen LogP contribution >= 0.6 is 15.9 Å². The van der Waals surface area contributed by atoms with Crippen molar-refractivity contribution in [2.75, 3.05) is 0 Å². The van der Waals surface area contributed by atoms with Gasteiger partial charge in [0.15, 0.2) is 5.65 Å². The molecule has 2 heterocycles. The van der Waals surface area contributed by atoms with E-state index in [0.717, 1.165) is 27.8 Å². The first-order valence-corrected chi connectivity index (χ1v) is 5.09. The summed E-state index contributed by atoms with van der Waals surface area (Å²) in [7, 11) is 0. The van der Waals surface area contributed by atoms with Crippen molar-refractivity contribution in [1.82, 2.24) is 9.38 Å². The van der Waals surface area contributed by atoms with Crippen molar-refractivity contribution < 1.29 is 4.79 Å². The summed E-state index contributed by atoms with van der Waals surface area (Å²) in [5, 5.41) is 0. The van der Waals surface area contributed by atoms with E-state index in [9.17, 15) is 4.79 Å². The van der Waals surface area contributed by atoms with Crippen LogP contribution in [0.3, 0.4) is 0 Å². The Labute approximate surface area is 89.9 Å². The predicted octanol–water partition coefficient (Wildman–Crippen LogP) is 2.15. The number of hydrogen-bond donors (Lipinski definition) is 0. The molecule has 14 heavy (non-hydrogen) atoms. The van der Waals surface area contributed by atoms with Crippen LogP contribution in [-0.4, -0.2) is 15.7 Å². The molecule has 0 fully saturated rings. The summed E-state index contributed by atoms with van der Waals surface area (Å²) in [6.07, 6.45) is 3.22. The second-order valence-corrected chi connectivity index (χ2v) is 3.92. The van der Waals surface area contributed by atoms with Crippen LogP contribution in [0.2, 0.25) is 0 Å². The molecular formula is C10H9BrN2O. The van der Waals surface area contributed by atoms with Gasteiger partial charge in [0.25, 0.3) is 0 Å². The Morgan fingerprint density at radius 1 is 1.64 bits per heavy atom. The van der Waals surface area contributed by atoms with E-state index >= 15 is 0 Å². The van der Waals surface area contributed by atoms with E-state index in [1.54, 1.807) is 0 Å². The highest BCUT2D eigenvalue weighted by atomic mass is 79.9. The molecule has 2 rings (SSSR count). The number of nitrogens with zero attached hydrogens (tertiary/aromatic N) is 2. The lowest BCUT2D eigenvalue weighted by molar-refractivity contribution is -0.107. The van der Waals surface area contributed by atoms with Crippen molar-refractivity contribution >= 4 is 27.9 Å². The number of aromatic nitrogens is 2. The third-order valence-corrected chi connectivity index (χ3v) is 2.80. The number of fused-ring (bicyclic) bond motifs is 1. The van der Waals surface area contributed by atoms with E-state index in [1.165, 1.54) is 0 Å². The molecule has 0 atom stereocenters. The van der Waals surface area contributed by atoms with Crippen LogP contribution in [0.1, 0.15) is 11.4 Å². The summed E-state index contributed by atoms with van der Waals surface area (Å²) in [4.78, 5) is 14.9. The van der Waals surface area contributed by atoms with Crippen molar-refractivity contribution in [3.63, 3.8) is 0 Å². The topological polar surface area (TPSA) is 34.4 Å². The van der Waals surface area contributed by atoms with Gasteiger partial charge < -0.3 is 9.20 Å². The smallest absolute Gasteiger partial charge is 0.151 e. The minimum Gasteiger partial charge on any atom is -0.303 e. The molecule has 72 valence electrons. The molecule has 0 spiro atoms. The van der Waals surface area contributed by atoms with E-state index in [1.807, 2.05) is 29.7 Å². The van der Waals surface area contributed by atoms with Gasteiger partial charge in [-0.25, -0.2) is 4.98 Å². The average Bonchev–Trinajstić information content (AvgIpc) is 2.47. The molecule has 0 saturated carbocycles. The highest BCUT2D eigenvalue weighted by Crippen LogP contribution is 2.20. The Balaban J connectivity index is 2.76. The number of aryl methyl sites for hydroxylation is 1. The molecule has 0 aliphatic carbocycles. The predicted molar refractivity (Wildman–Crippen MR) is 57.4 cm³/mol.